The molecule has 1 aromatic rings. The quantitative estimate of drug-likeness (QED) is 0.0373. The summed E-state index contributed by atoms with van der Waals surface area (Å²) in [6.45, 7) is 3.94. The molecule has 48 heavy (non-hydrogen) atoms. The molecular weight excluding hydrogens is 654 g/mol. The molecule has 0 unspecified atom stereocenters. The van der Waals surface area contributed by atoms with Crippen molar-refractivity contribution in [2.75, 3.05) is 20.3 Å². The van der Waals surface area contributed by atoms with Crippen LogP contribution in [0.15, 0.2) is 42.5 Å². The number of alkyl halides is 5. The van der Waals surface area contributed by atoms with Crippen molar-refractivity contribution in [2.24, 2.45) is 5.92 Å². The van der Waals surface area contributed by atoms with Gasteiger partial charge in [0, 0.05) is 37.9 Å². The standard InChI is InChI=1S/C36H56F5O6P/c1-5-8-9-10-11-12-13-14-15-16-17-18-19-20-24-27-32(42)28-30(29-34(37,38)48(44,46-6-2)47-7-3)33(43)35(45-4,36(39,40)41)31-25-22-21-23-26-31/h14-15,21-23,25-26,30H,5-13,16-20,24,27-29H2,1-4H3/b15-14-/t30-,35+/m1/s1. The average Bonchev–Trinajstić information content (AvgIpc) is 3.03. The van der Waals surface area contributed by atoms with E-state index in [1.54, 1.807) is 0 Å². The number of ether oxygens (including phenoxy) is 1. The van der Waals surface area contributed by atoms with Crippen molar-refractivity contribution in [3.05, 3.63) is 48.0 Å². The topological polar surface area (TPSA) is 78.9 Å². The number of halogens is 5. The number of unbranched alkanes of at least 4 members (excludes halogenated alkanes) is 11. The maximum atomic E-state index is 15.6. The Hall–Kier alpha value is -1.94. The SMILES string of the molecule is CCCCCCCC/C=C\CCCCCCCC(=O)C[C@H](CC(F)(F)P(=O)(OCC)OCC)C(=O)[C@@](OC)(c1ccccc1)C(F)(F)F. The van der Waals surface area contributed by atoms with Crippen molar-refractivity contribution in [1.29, 1.82) is 0 Å². The fraction of sp³-hybridized carbons (Fsp3) is 0.722. The number of allylic oxidation sites excluding steroid dienone is 2. The van der Waals surface area contributed by atoms with Gasteiger partial charge in [0.1, 0.15) is 5.78 Å². The lowest BCUT2D eigenvalue weighted by atomic mass is 9.78. The van der Waals surface area contributed by atoms with Crippen molar-refractivity contribution in [1.82, 2.24) is 0 Å². The number of Topliss-reactive ketones (excluding diaryl/α,β-unsaturated/α-hetero) is 2. The number of hydrogen-bond donors (Lipinski definition) is 0. The minimum atomic E-state index is -5.37. The van der Waals surface area contributed by atoms with Gasteiger partial charge < -0.3 is 13.8 Å². The van der Waals surface area contributed by atoms with Gasteiger partial charge in [0.05, 0.1) is 13.2 Å². The van der Waals surface area contributed by atoms with Crippen LogP contribution in [0, 0.1) is 5.92 Å². The molecule has 0 N–H and O–H groups in total. The number of rotatable bonds is 28. The van der Waals surface area contributed by atoms with E-state index in [2.05, 4.69) is 19.1 Å². The molecule has 12 heteroatoms. The molecule has 0 bridgehead atoms. The molecule has 2 atom stereocenters. The van der Waals surface area contributed by atoms with Crippen molar-refractivity contribution in [2.45, 2.75) is 141 Å². The number of methoxy groups -OCH3 is 1. The van der Waals surface area contributed by atoms with E-state index in [-0.39, 0.29) is 6.42 Å². The van der Waals surface area contributed by atoms with Gasteiger partial charge in [-0.25, -0.2) is 0 Å². The Bertz CT molecular complexity index is 1120. The van der Waals surface area contributed by atoms with E-state index in [4.69, 9.17) is 13.8 Å². The number of hydrogen-bond acceptors (Lipinski definition) is 6. The highest BCUT2D eigenvalue weighted by Gasteiger charge is 2.65. The average molecular weight is 711 g/mol. The van der Waals surface area contributed by atoms with Crippen LogP contribution in [-0.4, -0.2) is 43.7 Å². The highest BCUT2D eigenvalue weighted by molar-refractivity contribution is 7.55. The van der Waals surface area contributed by atoms with Crippen LogP contribution < -0.4 is 0 Å². The van der Waals surface area contributed by atoms with E-state index in [1.165, 1.54) is 70.6 Å². The number of benzene rings is 1. The molecule has 0 aliphatic carbocycles. The van der Waals surface area contributed by atoms with Crippen molar-refractivity contribution in [3.8, 4) is 0 Å². The normalized spacial score (nSPS) is 14.7. The molecule has 0 heterocycles. The molecule has 0 aliphatic heterocycles. The van der Waals surface area contributed by atoms with Crippen LogP contribution in [0.4, 0.5) is 22.0 Å². The number of carbonyl (C=O) groups is 2. The zero-order valence-electron chi connectivity index (χ0n) is 29.1. The second kappa shape index (κ2) is 22.7. The highest BCUT2D eigenvalue weighted by atomic mass is 31.2. The first kappa shape index (κ1) is 44.1. The van der Waals surface area contributed by atoms with E-state index in [0.29, 0.717) is 20.0 Å². The summed E-state index contributed by atoms with van der Waals surface area (Å²) in [6.07, 6.45) is 9.81. The summed E-state index contributed by atoms with van der Waals surface area (Å²) < 4.78 is 103. The Morgan fingerprint density at radius 3 is 1.75 bits per heavy atom. The maximum absolute atomic E-state index is 15.6. The first-order chi connectivity index (χ1) is 22.8. The lowest BCUT2D eigenvalue weighted by molar-refractivity contribution is -0.267. The number of ketones is 2. The molecule has 0 saturated heterocycles. The van der Waals surface area contributed by atoms with Gasteiger partial charge in [0.25, 0.3) is 0 Å². The third-order valence-electron chi connectivity index (χ3n) is 8.29. The summed E-state index contributed by atoms with van der Waals surface area (Å²) in [6, 6.07) is 5.93. The molecule has 276 valence electrons. The lowest BCUT2D eigenvalue weighted by Crippen LogP contribution is -2.54. The van der Waals surface area contributed by atoms with Gasteiger partial charge >= 0.3 is 19.4 Å². The Morgan fingerprint density at radius 2 is 1.27 bits per heavy atom. The zero-order valence-corrected chi connectivity index (χ0v) is 30.0. The summed E-state index contributed by atoms with van der Waals surface area (Å²) >= 11 is 0. The van der Waals surface area contributed by atoms with Gasteiger partial charge in [-0.2, -0.15) is 22.0 Å². The largest absolute Gasteiger partial charge is 0.428 e. The van der Waals surface area contributed by atoms with E-state index in [9.17, 15) is 27.3 Å². The molecule has 1 rings (SSSR count). The fourth-order valence-corrected chi connectivity index (χ4v) is 7.32. The van der Waals surface area contributed by atoms with Gasteiger partial charge in [-0.05, 0) is 46.0 Å². The molecule has 0 aliphatic rings. The van der Waals surface area contributed by atoms with Crippen LogP contribution in [0.25, 0.3) is 0 Å². The van der Waals surface area contributed by atoms with E-state index in [1.807, 2.05) is 0 Å². The summed E-state index contributed by atoms with van der Waals surface area (Å²) in [5.41, 5.74) is -8.63. The third kappa shape index (κ3) is 13.8. The van der Waals surface area contributed by atoms with Crippen LogP contribution in [0.2, 0.25) is 0 Å². The molecule has 0 radical (unpaired) electrons. The first-order valence-corrected chi connectivity index (χ1v) is 19.0. The monoisotopic (exact) mass is 710 g/mol. The molecule has 0 fully saturated rings. The first-order valence-electron chi connectivity index (χ1n) is 17.4. The van der Waals surface area contributed by atoms with Crippen LogP contribution in [0.3, 0.4) is 0 Å². The van der Waals surface area contributed by atoms with Crippen molar-refractivity contribution < 1.29 is 49.9 Å². The Labute approximate surface area is 284 Å². The van der Waals surface area contributed by atoms with Crippen molar-refractivity contribution >= 4 is 19.2 Å². The molecule has 0 amide bonds. The predicted octanol–water partition coefficient (Wildman–Crippen LogP) is 11.5. The Morgan fingerprint density at radius 1 is 0.771 bits per heavy atom. The number of carbonyl (C=O) groups excluding carboxylic acids is 2. The minimum absolute atomic E-state index is 0.0978. The van der Waals surface area contributed by atoms with Crippen LogP contribution in [-0.2, 0) is 33.5 Å². The zero-order chi connectivity index (χ0) is 36.1. The van der Waals surface area contributed by atoms with Gasteiger partial charge in [-0.15, -0.1) is 0 Å². The van der Waals surface area contributed by atoms with Crippen LogP contribution in [0.5, 0.6) is 0 Å². The molecular formula is C36H56F5O6P. The van der Waals surface area contributed by atoms with Crippen LogP contribution >= 0.6 is 7.60 Å². The smallest absolute Gasteiger partial charge is 0.358 e. The van der Waals surface area contributed by atoms with Gasteiger partial charge in [-0.3, -0.25) is 14.2 Å². The van der Waals surface area contributed by atoms with Gasteiger partial charge in [0.15, 0.2) is 5.78 Å². The van der Waals surface area contributed by atoms with Crippen LogP contribution in [0.1, 0.15) is 129 Å². The second-order valence-electron chi connectivity index (χ2n) is 12.1. The lowest BCUT2D eigenvalue weighted by Gasteiger charge is -2.37. The van der Waals surface area contributed by atoms with E-state index in [0.717, 1.165) is 44.2 Å². The summed E-state index contributed by atoms with van der Waals surface area (Å²) in [5, 5.41) is 0. The molecule has 0 aromatic heterocycles. The van der Waals surface area contributed by atoms with E-state index >= 15 is 8.78 Å². The predicted molar refractivity (Wildman–Crippen MR) is 179 cm³/mol. The van der Waals surface area contributed by atoms with Crippen molar-refractivity contribution in [3.63, 3.8) is 0 Å². The Kier molecular flexibility index (Phi) is 20.9. The van der Waals surface area contributed by atoms with Gasteiger partial charge in [-0.1, -0.05) is 101 Å². The molecule has 6 nitrogen and oxygen atoms in total. The Balaban J connectivity index is 2.93. The molecule has 1 aromatic carbocycles. The third-order valence-corrected chi connectivity index (χ3v) is 10.5. The summed E-state index contributed by atoms with van der Waals surface area (Å²) in [5.74, 6) is -4.63. The fourth-order valence-electron chi connectivity index (χ4n) is 5.74. The van der Waals surface area contributed by atoms with E-state index < -0.39 is 74.1 Å². The minimum Gasteiger partial charge on any atom is -0.358 e. The van der Waals surface area contributed by atoms with Gasteiger partial charge in [0.2, 0.25) is 5.60 Å². The maximum Gasteiger partial charge on any atom is 0.428 e. The summed E-state index contributed by atoms with van der Waals surface area (Å²) in [4.78, 5) is 26.8. The highest BCUT2D eigenvalue weighted by Crippen LogP contribution is 2.64. The molecule has 0 saturated carbocycles. The second-order valence-corrected chi connectivity index (χ2v) is 14.3. The molecule has 0 spiro atoms. The summed E-state index contributed by atoms with van der Waals surface area (Å²) in [7, 11) is -4.55.